The Hall–Kier alpha value is -1.12. The summed E-state index contributed by atoms with van der Waals surface area (Å²) in [5.41, 5.74) is 0. The lowest BCUT2D eigenvalue weighted by Crippen LogP contribution is -1.80. The Morgan fingerprint density at radius 1 is 1.88 bits per heavy atom. The van der Waals surface area contributed by atoms with Gasteiger partial charge in [-0.15, -0.1) is 6.58 Å². The average Bonchev–Trinajstić information content (AvgIpc) is 2.19. The third-order valence-corrected chi connectivity index (χ3v) is 0.693. The predicted molar refractivity (Wildman–Crippen MR) is 27.0 cm³/mol. The summed E-state index contributed by atoms with van der Waals surface area (Å²) in [6.07, 6.45) is 4.58. The van der Waals surface area contributed by atoms with E-state index in [0.717, 1.165) is 0 Å². The fourth-order valence-corrected chi connectivity index (χ4v) is 0.379. The lowest BCUT2D eigenvalue weighted by molar-refractivity contribution is 0.404. The number of rotatable bonds is 2. The van der Waals surface area contributed by atoms with Crippen molar-refractivity contribution in [1.82, 2.24) is 10.1 Å². The zero-order valence-electron chi connectivity index (χ0n) is 4.29. The molecule has 1 radical (unpaired) electrons. The van der Waals surface area contributed by atoms with Crippen LogP contribution in [0.3, 0.4) is 0 Å². The molecule has 0 aliphatic heterocycles. The molecule has 0 amide bonds. The Kier molecular flexibility index (Phi) is 1.42. The summed E-state index contributed by atoms with van der Waals surface area (Å²) in [5, 5.41) is 3.49. The highest BCUT2D eigenvalue weighted by molar-refractivity contribution is 4.86. The number of aromatic nitrogens is 2. The van der Waals surface area contributed by atoms with Gasteiger partial charge < -0.3 is 4.52 Å². The van der Waals surface area contributed by atoms with Gasteiger partial charge in [-0.25, -0.2) is 0 Å². The molecule has 0 aliphatic rings. The fourth-order valence-electron chi connectivity index (χ4n) is 0.379. The Morgan fingerprint density at radius 2 is 2.75 bits per heavy atom. The van der Waals surface area contributed by atoms with Gasteiger partial charge in [0.05, 0.1) is 0 Å². The second-order valence-electron chi connectivity index (χ2n) is 1.29. The molecular weight excluding hydrogens is 104 g/mol. The summed E-state index contributed by atoms with van der Waals surface area (Å²) in [6.45, 7) is 3.50. The topological polar surface area (TPSA) is 38.9 Å². The van der Waals surface area contributed by atoms with Crippen molar-refractivity contribution in [2.24, 2.45) is 0 Å². The molecule has 0 saturated heterocycles. The van der Waals surface area contributed by atoms with Gasteiger partial charge in [0.15, 0.2) is 5.82 Å². The predicted octanol–water partition coefficient (Wildman–Crippen LogP) is 0.598. The van der Waals surface area contributed by atoms with Crippen LogP contribution in [0.25, 0.3) is 0 Å². The first-order valence-electron chi connectivity index (χ1n) is 2.23. The van der Waals surface area contributed by atoms with Crippen molar-refractivity contribution < 1.29 is 4.52 Å². The van der Waals surface area contributed by atoms with Crippen LogP contribution >= 0.6 is 0 Å². The smallest absolute Gasteiger partial charge is 0.316 e. The molecule has 1 rings (SSSR count). The number of allylic oxidation sites excluding steroid dienone is 1. The van der Waals surface area contributed by atoms with E-state index in [1.807, 2.05) is 0 Å². The maximum atomic E-state index is 4.33. The molecule has 0 fully saturated rings. The molecule has 0 N–H and O–H groups in total. The maximum absolute atomic E-state index is 4.33. The highest BCUT2D eigenvalue weighted by Gasteiger charge is 1.91. The highest BCUT2D eigenvalue weighted by atomic mass is 16.5. The Morgan fingerprint density at radius 3 is 3.25 bits per heavy atom. The van der Waals surface area contributed by atoms with Crippen molar-refractivity contribution in [3.63, 3.8) is 0 Å². The van der Waals surface area contributed by atoms with Crippen molar-refractivity contribution >= 4 is 0 Å². The summed E-state index contributed by atoms with van der Waals surface area (Å²) in [5.74, 6) is 0.625. The van der Waals surface area contributed by atoms with Gasteiger partial charge in [-0.2, -0.15) is 4.98 Å². The number of nitrogens with zero attached hydrogens (tertiary/aromatic N) is 2. The van der Waals surface area contributed by atoms with E-state index in [9.17, 15) is 0 Å². The van der Waals surface area contributed by atoms with Crippen LogP contribution in [-0.2, 0) is 6.42 Å². The van der Waals surface area contributed by atoms with Crippen molar-refractivity contribution in [2.45, 2.75) is 6.42 Å². The van der Waals surface area contributed by atoms with E-state index >= 15 is 0 Å². The van der Waals surface area contributed by atoms with E-state index in [0.29, 0.717) is 12.2 Å². The van der Waals surface area contributed by atoms with Crippen molar-refractivity contribution in [3.8, 4) is 0 Å². The first-order valence-corrected chi connectivity index (χ1v) is 2.23. The van der Waals surface area contributed by atoms with Gasteiger partial charge in [0.25, 0.3) is 0 Å². The second kappa shape index (κ2) is 2.26. The third kappa shape index (κ3) is 0.932. The van der Waals surface area contributed by atoms with Crippen molar-refractivity contribution in [3.05, 3.63) is 24.9 Å². The molecule has 0 saturated carbocycles. The van der Waals surface area contributed by atoms with E-state index in [-0.39, 0.29) is 0 Å². The minimum Gasteiger partial charge on any atom is -0.329 e. The minimum absolute atomic E-state index is 0.625. The van der Waals surface area contributed by atoms with Crippen LogP contribution in [0.15, 0.2) is 17.2 Å². The van der Waals surface area contributed by atoms with Gasteiger partial charge >= 0.3 is 6.39 Å². The summed E-state index contributed by atoms with van der Waals surface area (Å²) in [7, 11) is 0. The monoisotopic (exact) mass is 109 g/mol. The van der Waals surface area contributed by atoms with E-state index in [1.165, 1.54) is 0 Å². The molecule has 0 unspecified atom stereocenters. The molecule has 0 aromatic carbocycles. The van der Waals surface area contributed by atoms with E-state index in [4.69, 9.17) is 0 Å². The van der Waals surface area contributed by atoms with Crippen LogP contribution in [-0.4, -0.2) is 10.1 Å². The SMILES string of the molecule is C=CCc1n[c]on1. The second-order valence-corrected chi connectivity index (χ2v) is 1.29. The molecule has 0 aliphatic carbocycles. The number of hydrogen-bond acceptors (Lipinski definition) is 3. The molecule has 41 valence electrons. The van der Waals surface area contributed by atoms with Crippen LogP contribution in [0.1, 0.15) is 5.82 Å². The summed E-state index contributed by atoms with van der Waals surface area (Å²) >= 11 is 0. The lowest BCUT2D eigenvalue weighted by atomic mass is 10.4. The zero-order valence-corrected chi connectivity index (χ0v) is 4.29. The number of hydrogen-bond donors (Lipinski definition) is 0. The molecule has 0 atom stereocenters. The van der Waals surface area contributed by atoms with Gasteiger partial charge in [-0.05, 0) is 0 Å². The quantitative estimate of drug-likeness (QED) is 0.522. The van der Waals surface area contributed by atoms with Gasteiger partial charge in [0.1, 0.15) is 0 Å². The first-order chi connectivity index (χ1) is 3.93. The van der Waals surface area contributed by atoms with Gasteiger partial charge in [-0.3, -0.25) is 0 Å². The van der Waals surface area contributed by atoms with Crippen LogP contribution in [0.5, 0.6) is 0 Å². The minimum atomic E-state index is 0.625. The zero-order chi connectivity index (χ0) is 5.82. The summed E-state index contributed by atoms with van der Waals surface area (Å²) < 4.78 is 4.33. The molecule has 1 aromatic rings. The van der Waals surface area contributed by atoms with E-state index in [1.54, 1.807) is 6.08 Å². The van der Waals surface area contributed by atoms with Crippen LogP contribution in [0, 0.1) is 6.39 Å². The largest absolute Gasteiger partial charge is 0.329 e. The summed E-state index contributed by atoms with van der Waals surface area (Å²) in [4.78, 5) is 3.63. The summed E-state index contributed by atoms with van der Waals surface area (Å²) in [6, 6.07) is 0. The van der Waals surface area contributed by atoms with E-state index in [2.05, 4.69) is 27.6 Å². The molecule has 3 nitrogen and oxygen atoms in total. The van der Waals surface area contributed by atoms with Crippen molar-refractivity contribution in [2.75, 3.05) is 0 Å². The highest BCUT2D eigenvalue weighted by Crippen LogP contribution is 1.87. The Balaban J connectivity index is 2.62. The van der Waals surface area contributed by atoms with E-state index < -0.39 is 0 Å². The van der Waals surface area contributed by atoms with Crippen molar-refractivity contribution in [1.29, 1.82) is 0 Å². The molecule has 1 aromatic heterocycles. The molecule has 1 heterocycles. The fraction of sp³-hybridized carbons (Fsp3) is 0.200. The van der Waals surface area contributed by atoms with Crippen LogP contribution in [0.2, 0.25) is 0 Å². The molecule has 0 bridgehead atoms. The third-order valence-electron chi connectivity index (χ3n) is 0.693. The lowest BCUT2D eigenvalue weighted by Gasteiger charge is -1.75. The van der Waals surface area contributed by atoms with Crippen LogP contribution in [0.4, 0.5) is 0 Å². The standard InChI is InChI=1S/C5H5N2O/c1-2-3-5-6-4-8-7-5/h2H,1,3H2. The normalized spacial score (nSPS) is 9.00. The Labute approximate surface area is 47.0 Å². The molecule has 0 spiro atoms. The first kappa shape index (κ1) is 5.03. The molecule has 8 heavy (non-hydrogen) atoms. The average molecular weight is 109 g/mol. The Bertz CT molecular complexity index is 157. The maximum Gasteiger partial charge on any atom is 0.316 e. The van der Waals surface area contributed by atoms with Crippen LogP contribution < -0.4 is 0 Å². The van der Waals surface area contributed by atoms with Gasteiger partial charge in [-0.1, -0.05) is 11.2 Å². The van der Waals surface area contributed by atoms with Gasteiger partial charge in [0, 0.05) is 6.42 Å². The molecule has 3 heteroatoms. The van der Waals surface area contributed by atoms with Gasteiger partial charge in [0.2, 0.25) is 0 Å². The molecular formula is C5H5N2O.